The van der Waals surface area contributed by atoms with E-state index in [-0.39, 0.29) is 0 Å². The van der Waals surface area contributed by atoms with Gasteiger partial charge in [-0.25, -0.2) is 0 Å². The van der Waals surface area contributed by atoms with E-state index in [0.717, 1.165) is 52.9 Å². The van der Waals surface area contributed by atoms with Gasteiger partial charge < -0.3 is 18.9 Å². The maximum atomic E-state index is 4.94. The third-order valence-electron chi connectivity index (χ3n) is 3.31. The van der Waals surface area contributed by atoms with Crippen LogP contribution in [0.25, 0.3) is 0 Å². The monoisotopic (exact) mass is 1030 g/mol. The Morgan fingerprint density at radius 3 is 0.520 bits per heavy atom. The Labute approximate surface area is 187 Å². The van der Waals surface area contributed by atoms with Crippen LogP contribution in [0.1, 0.15) is 51.4 Å². The molecule has 0 amide bonds. The molecule has 0 N–H and O–H groups in total. The summed E-state index contributed by atoms with van der Waals surface area (Å²) in [6.07, 6.45) is 10.2. The fraction of sp³-hybridized carbons (Fsp3) is 1.00. The zero-order chi connectivity index (χ0) is 18.6. The first kappa shape index (κ1) is 29.1. The molecule has 0 aromatic carbocycles. The first-order valence-electron chi connectivity index (χ1n) is 9.07. The summed E-state index contributed by atoms with van der Waals surface area (Å²) in [5.41, 5.74) is 0. The van der Waals surface area contributed by atoms with Gasteiger partial charge in [-0.05, 0) is 51.4 Å². The van der Waals surface area contributed by atoms with E-state index in [2.05, 4.69) is 57.6 Å². The zero-order valence-electron chi connectivity index (χ0n) is 15.0. The Morgan fingerprint density at radius 1 is 0.360 bits per heavy atom. The first-order valence-corrected chi connectivity index (χ1v) is 55.1. The van der Waals surface area contributed by atoms with Crippen molar-refractivity contribution in [3.05, 3.63) is 0 Å². The normalized spacial score (nSPS) is 21.6. The summed E-state index contributed by atoms with van der Waals surface area (Å²) in [5, 5.41) is 0. The van der Waals surface area contributed by atoms with Gasteiger partial charge in [0, 0.05) is 52.9 Å². The zero-order valence-corrected chi connectivity index (χ0v) is 27.7. The van der Waals surface area contributed by atoms with Crippen LogP contribution in [0.3, 0.4) is 0 Å². The van der Waals surface area contributed by atoms with E-state index in [4.69, 9.17) is 18.9 Å². The summed E-state index contributed by atoms with van der Waals surface area (Å²) in [6, 6.07) is 0. The van der Waals surface area contributed by atoms with Crippen molar-refractivity contribution >= 4 is 57.6 Å². The van der Waals surface area contributed by atoms with Gasteiger partial charge in [-0.2, -0.15) is 0 Å². The van der Waals surface area contributed by atoms with E-state index in [1.54, 1.807) is 0 Å². The summed E-state index contributed by atoms with van der Waals surface area (Å²) >= 11 is 10.3. The summed E-state index contributed by atoms with van der Waals surface area (Å²) in [7, 11) is -1.46. The van der Waals surface area contributed by atoms with Crippen LogP contribution in [0.4, 0.5) is 0 Å². The van der Waals surface area contributed by atoms with Gasteiger partial charge in [0.1, 0.15) is 0 Å². The third-order valence-corrected chi connectivity index (χ3v) is 3.31. The third kappa shape index (κ3) is 32.9. The van der Waals surface area contributed by atoms with Gasteiger partial charge in [-0.3, -0.25) is 0 Å². The van der Waals surface area contributed by atoms with Crippen LogP contribution in [0.2, 0.25) is 0 Å². The van der Waals surface area contributed by atoms with Crippen LogP contribution in [0.15, 0.2) is 0 Å². The van der Waals surface area contributed by atoms with Gasteiger partial charge in [-0.1, -0.05) is 0 Å². The van der Waals surface area contributed by atoms with E-state index < -0.39 is 10.3 Å². The standard InChI is InChI=1S/4C4H8O.4HI.Th/c4*1-2-4-5-3-1;;;;;/h4*1-4H2;4*1H;/q;;;;;;;;+4/p-4. The van der Waals surface area contributed by atoms with E-state index >= 15 is 0 Å². The molecule has 4 rings (SSSR count). The molecule has 4 aliphatic rings. The molecule has 25 heavy (non-hydrogen) atoms. The van der Waals surface area contributed by atoms with Gasteiger partial charge in [0.2, 0.25) is 0 Å². The first-order chi connectivity index (χ1) is 12.0. The Hall–Kier alpha value is 4.08. The molecule has 0 aliphatic carbocycles. The molecule has 152 valence electrons. The van der Waals surface area contributed by atoms with Crippen molar-refractivity contribution in [2.45, 2.75) is 51.4 Å². The van der Waals surface area contributed by atoms with Crippen molar-refractivity contribution in [3.8, 4) is 0 Å². The second-order valence-electron chi connectivity index (χ2n) is 5.71. The van der Waals surface area contributed by atoms with E-state index in [9.17, 15) is 0 Å². The molecule has 0 spiro atoms. The van der Waals surface area contributed by atoms with E-state index in [1.165, 1.54) is 51.4 Å². The number of rotatable bonds is 0. The Balaban J connectivity index is 0.000000288. The van der Waals surface area contributed by atoms with Crippen molar-refractivity contribution < 1.29 is 29.2 Å². The molecule has 0 aromatic rings. The molecule has 4 aliphatic heterocycles. The minimum absolute atomic E-state index is 1.00. The van der Waals surface area contributed by atoms with Gasteiger partial charge >= 0.3 is 67.9 Å². The molecule has 9 heteroatoms. The summed E-state index contributed by atoms with van der Waals surface area (Å²) in [4.78, 5) is 0. The van der Waals surface area contributed by atoms with Gasteiger partial charge in [-0.15, -0.1) is 0 Å². The van der Waals surface area contributed by atoms with Crippen molar-refractivity contribution in [2.75, 3.05) is 52.9 Å². The molecule has 0 unspecified atom stereocenters. The quantitative estimate of drug-likeness (QED) is 0.253. The molecule has 0 atom stereocenters. The van der Waals surface area contributed by atoms with Crippen LogP contribution in [-0.4, -0.2) is 52.9 Å². The van der Waals surface area contributed by atoms with Gasteiger partial charge in [0.15, 0.2) is 0 Å². The van der Waals surface area contributed by atoms with Crippen LogP contribution < -0.4 is 0 Å². The maximum absolute atomic E-state index is 4.94. The number of ether oxygens (including phenoxy) is 4. The molecular formula is C16H32I4O4Th. The van der Waals surface area contributed by atoms with Crippen LogP contribution in [0, 0.1) is 10.3 Å². The molecule has 0 saturated carbocycles. The van der Waals surface area contributed by atoms with Gasteiger partial charge in [0.25, 0.3) is 0 Å². The van der Waals surface area contributed by atoms with Crippen molar-refractivity contribution in [1.29, 1.82) is 0 Å². The molecule has 4 fully saturated rings. The SMILES string of the molecule is C1CCOC1.C1CCOC1.C1CCOC1.C1CCOC1.[I][Th]([I])([I])[I]. The molecule has 0 bridgehead atoms. The Morgan fingerprint density at radius 2 is 0.480 bits per heavy atom. The predicted molar refractivity (Wildman–Crippen MR) is 136 cm³/mol. The van der Waals surface area contributed by atoms with Gasteiger partial charge in [0.05, 0.1) is 0 Å². The van der Waals surface area contributed by atoms with Crippen molar-refractivity contribution in [1.82, 2.24) is 0 Å². The summed E-state index contributed by atoms with van der Waals surface area (Å²) in [6.45, 7) is 8.00. The molecule has 0 radical (unpaired) electrons. The Bertz CT molecular complexity index is 179. The predicted octanol–water partition coefficient (Wildman–Crippen LogP) is 6.73. The number of hydrogen-bond donors (Lipinski definition) is 0. The Kier molecular flexibility index (Phi) is 26.5. The number of halogens is 4. The molecule has 4 saturated heterocycles. The van der Waals surface area contributed by atoms with Crippen LogP contribution in [-0.2, 0) is 18.9 Å². The molecule has 4 nitrogen and oxygen atoms in total. The second kappa shape index (κ2) is 22.8. The van der Waals surface area contributed by atoms with E-state index in [1.807, 2.05) is 0 Å². The summed E-state index contributed by atoms with van der Waals surface area (Å²) in [5.74, 6) is 0. The van der Waals surface area contributed by atoms with Crippen LogP contribution >= 0.6 is 57.6 Å². The number of hydrogen-bond acceptors (Lipinski definition) is 4. The molecule has 0 aromatic heterocycles. The second-order valence-corrected chi connectivity index (χ2v) is 183. The fourth-order valence-corrected chi connectivity index (χ4v) is 2.04. The van der Waals surface area contributed by atoms with Crippen molar-refractivity contribution in [3.63, 3.8) is 0 Å². The summed E-state index contributed by atoms with van der Waals surface area (Å²) < 4.78 is 19.8. The molecular weight excluding hydrogens is 996 g/mol. The average molecular weight is 1030 g/mol. The minimum atomic E-state index is -1.46. The average Bonchev–Trinajstić information content (AvgIpc) is 3.46. The van der Waals surface area contributed by atoms with E-state index in [0.29, 0.717) is 0 Å². The fourth-order valence-electron chi connectivity index (χ4n) is 2.04. The van der Waals surface area contributed by atoms with Crippen LogP contribution in [0.5, 0.6) is 0 Å². The van der Waals surface area contributed by atoms with Crippen molar-refractivity contribution in [2.24, 2.45) is 0 Å². The topological polar surface area (TPSA) is 36.9 Å². The molecule has 4 heterocycles.